The number of rotatable bonds is 6. The normalized spacial score (nSPS) is 11.1. The van der Waals surface area contributed by atoms with Crippen LogP contribution in [-0.4, -0.2) is 26.1 Å². The Labute approximate surface area is 206 Å². The van der Waals surface area contributed by atoms with Crippen LogP contribution in [0.15, 0.2) is 65.3 Å². The minimum absolute atomic E-state index is 0.327. The summed E-state index contributed by atoms with van der Waals surface area (Å²) in [6.45, 7) is 0. The number of thiophene rings is 1. The molecule has 0 bridgehead atoms. The lowest BCUT2D eigenvalue weighted by molar-refractivity contribution is 0.103. The number of halogens is 1. The van der Waals surface area contributed by atoms with Gasteiger partial charge in [0, 0.05) is 34.1 Å². The van der Waals surface area contributed by atoms with E-state index >= 15 is 0 Å². The number of nitrogen functional groups attached to an aromatic ring is 1. The van der Waals surface area contributed by atoms with Crippen molar-refractivity contribution in [3.8, 4) is 11.3 Å². The molecule has 0 saturated carbocycles. The van der Waals surface area contributed by atoms with Crippen molar-refractivity contribution in [3.63, 3.8) is 0 Å². The molecule has 0 spiro atoms. The molecule has 0 radical (unpaired) electrons. The van der Waals surface area contributed by atoms with Crippen LogP contribution in [0, 0.1) is 0 Å². The SMILES string of the molecule is Nc1c(C(=O)Nc2nnc(SCc3ccc(Cl)cc3)s2)sc2nc(-c3ccncc3)ccc12. The van der Waals surface area contributed by atoms with E-state index in [2.05, 4.69) is 25.5 Å². The van der Waals surface area contributed by atoms with Crippen molar-refractivity contribution in [2.45, 2.75) is 10.1 Å². The van der Waals surface area contributed by atoms with Crippen molar-refractivity contribution < 1.29 is 4.79 Å². The maximum atomic E-state index is 12.9. The predicted octanol–water partition coefficient (Wildman–Crippen LogP) is 5.99. The van der Waals surface area contributed by atoms with Crippen molar-refractivity contribution in [1.82, 2.24) is 20.2 Å². The highest BCUT2D eigenvalue weighted by atomic mass is 35.5. The molecule has 7 nitrogen and oxygen atoms in total. The van der Waals surface area contributed by atoms with Gasteiger partial charge in [0.1, 0.15) is 9.71 Å². The first-order valence-corrected chi connectivity index (χ1v) is 12.7. The van der Waals surface area contributed by atoms with Gasteiger partial charge in [-0.2, -0.15) is 0 Å². The van der Waals surface area contributed by atoms with E-state index in [1.165, 1.54) is 22.7 Å². The predicted molar refractivity (Wildman–Crippen MR) is 136 cm³/mol. The Morgan fingerprint density at radius 2 is 1.82 bits per heavy atom. The first kappa shape index (κ1) is 21.8. The maximum Gasteiger partial charge on any atom is 0.269 e. The number of nitrogens with zero attached hydrogens (tertiary/aromatic N) is 4. The third-order valence-corrected chi connectivity index (χ3v) is 8.09. The number of hydrogen-bond donors (Lipinski definition) is 2. The van der Waals surface area contributed by atoms with Gasteiger partial charge in [0.05, 0.1) is 11.4 Å². The quantitative estimate of drug-likeness (QED) is 0.213. The van der Waals surface area contributed by atoms with Crippen LogP contribution in [0.25, 0.3) is 21.5 Å². The van der Waals surface area contributed by atoms with Crippen LogP contribution in [0.5, 0.6) is 0 Å². The summed E-state index contributed by atoms with van der Waals surface area (Å²) in [4.78, 5) is 22.7. The molecule has 3 N–H and O–H groups in total. The van der Waals surface area contributed by atoms with Crippen LogP contribution in [-0.2, 0) is 5.75 Å². The molecule has 5 rings (SSSR count). The van der Waals surface area contributed by atoms with E-state index < -0.39 is 0 Å². The number of carbonyl (C=O) groups excluding carboxylic acids is 1. The number of thioether (sulfide) groups is 1. The van der Waals surface area contributed by atoms with E-state index in [0.717, 1.165) is 32.3 Å². The van der Waals surface area contributed by atoms with Crippen LogP contribution >= 0.6 is 46.0 Å². The van der Waals surface area contributed by atoms with E-state index in [-0.39, 0.29) is 5.91 Å². The molecule has 1 amide bonds. The van der Waals surface area contributed by atoms with Gasteiger partial charge >= 0.3 is 0 Å². The molecule has 0 aliphatic heterocycles. The third-order valence-electron chi connectivity index (χ3n) is 4.68. The van der Waals surface area contributed by atoms with Crippen molar-refractivity contribution in [2.24, 2.45) is 0 Å². The van der Waals surface area contributed by atoms with Gasteiger partial charge in [-0.25, -0.2) is 4.98 Å². The minimum atomic E-state index is -0.327. The van der Waals surface area contributed by atoms with Gasteiger partial charge in [0.25, 0.3) is 5.91 Å². The zero-order chi connectivity index (χ0) is 22.8. The second-order valence-corrected chi connectivity index (χ2v) is 10.5. The smallest absolute Gasteiger partial charge is 0.269 e. The van der Waals surface area contributed by atoms with Gasteiger partial charge in [0.15, 0.2) is 4.34 Å². The Morgan fingerprint density at radius 3 is 2.61 bits per heavy atom. The number of hydrogen-bond acceptors (Lipinski definition) is 9. The fourth-order valence-electron chi connectivity index (χ4n) is 3.05. The van der Waals surface area contributed by atoms with E-state index in [9.17, 15) is 4.79 Å². The van der Waals surface area contributed by atoms with Crippen LogP contribution < -0.4 is 11.1 Å². The third kappa shape index (κ3) is 4.83. The number of carbonyl (C=O) groups is 1. The number of anilines is 2. The number of nitrogens with one attached hydrogen (secondary N) is 1. The molecule has 164 valence electrons. The van der Waals surface area contributed by atoms with Crippen molar-refractivity contribution in [1.29, 1.82) is 0 Å². The molecule has 0 unspecified atom stereocenters. The number of nitrogens with two attached hydrogens (primary N) is 1. The molecule has 4 heterocycles. The first-order valence-electron chi connectivity index (χ1n) is 9.68. The number of benzene rings is 1. The molecule has 1 aromatic carbocycles. The van der Waals surface area contributed by atoms with Gasteiger partial charge in [-0.1, -0.05) is 46.8 Å². The van der Waals surface area contributed by atoms with Gasteiger partial charge in [-0.15, -0.1) is 21.5 Å². The zero-order valence-electron chi connectivity index (χ0n) is 16.9. The average molecular weight is 511 g/mol. The lowest BCUT2D eigenvalue weighted by Crippen LogP contribution is -2.11. The molecule has 0 aliphatic carbocycles. The molecule has 11 heteroatoms. The highest BCUT2D eigenvalue weighted by Crippen LogP contribution is 2.35. The molecule has 33 heavy (non-hydrogen) atoms. The van der Waals surface area contributed by atoms with Gasteiger partial charge < -0.3 is 5.73 Å². The van der Waals surface area contributed by atoms with E-state index in [4.69, 9.17) is 17.3 Å². The Balaban J connectivity index is 1.30. The largest absolute Gasteiger partial charge is 0.397 e. The fourth-order valence-corrected chi connectivity index (χ4v) is 5.87. The second kappa shape index (κ2) is 9.44. The average Bonchev–Trinajstić information content (AvgIpc) is 3.43. The first-order chi connectivity index (χ1) is 16.1. The number of pyridine rings is 2. The Morgan fingerprint density at radius 1 is 1.03 bits per heavy atom. The van der Waals surface area contributed by atoms with Crippen molar-refractivity contribution in [2.75, 3.05) is 11.1 Å². The molecular formula is C22H15ClN6OS3. The summed E-state index contributed by atoms with van der Waals surface area (Å²) in [7, 11) is 0. The zero-order valence-corrected chi connectivity index (χ0v) is 20.1. The highest BCUT2D eigenvalue weighted by Gasteiger charge is 2.19. The van der Waals surface area contributed by atoms with Gasteiger partial charge in [-0.3, -0.25) is 15.1 Å². The monoisotopic (exact) mass is 510 g/mol. The maximum absolute atomic E-state index is 12.9. The Kier molecular flexibility index (Phi) is 6.23. The Hall–Kier alpha value is -3.05. The second-order valence-electron chi connectivity index (χ2n) is 6.87. The topological polar surface area (TPSA) is 107 Å². The standard InChI is InChI=1S/C22H15ClN6OS3/c23-14-3-1-12(2-4-14)11-31-22-29-28-21(33-22)27-19(30)18-17(24)15-5-6-16(26-20(15)32-18)13-7-9-25-10-8-13/h1-10H,11,24H2,(H,27,28,30). The van der Waals surface area contributed by atoms with Crippen molar-refractivity contribution in [3.05, 3.63) is 76.4 Å². The van der Waals surface area contributed by atoms with E-state index in [0.29, 0.717) is 25.5 Å². The molecular weight excluding hydrogens is 496 g/mol. The van der Waals surface area contributed by atoms with Gasteiger partial charge in [-0.05, 0) is 42.0 Å². The minimum Gasteiger partial charge on any atom is -0.397 e. The van der Waals surface area contributed by atoms with Crippen LogP contribution in [0.3, 0.4) is 0 Å². The summed E-state index contributed by atoms with van der Waals surface area (Å²) in [5.74, 6) is 0.403. The summed E-state index contributed by atoms with van der Waals surface area (Å²) in [5, 5.41) is 12.9. The molecule has 5 aromatic rings. The van der Waals surface area contributed by atoms with Gasteiger partial charge in [0.2, 0.25) is 5.13 Å². The Bertz CT molecular complexity index is 1440. The lowest BCUT2D eigenvalue weighted by atomic mass is 10.1. The van der Waals surface area contributed by atoms with Crippen LogP contribution in [0.4, 0.5) is 10.8 Å². The summed E-state index contributed by atoms with van der Waals surface area (Å²) in [5.41, 5.74) is 9.54. The lowest BCUT2D eigenvalue weighted by Gasteiger charge is -2.00. The molecule has 0 fully saturated rings. The van der Waals surface area contributed by atoms with E-state index in [1.807, 2.05) is 48.5 Å². The fraction of sp³-hybridized carbons (Fsp3) is 0.0455. The molecule has 0 saturated heterocycles. The summed E-state index contributed by atoms with van der Waals surface area (Å²) < 4.78 is 0.758. The summed E-state index contributed by atoms with van der Waals surface area (Å²) in [6, 6.07) is 15.2. The number of amides is 1. The summed E-state index contributed by atoms with van der Waals surface area (Å²) in [6.07, 6.45) is 3.43. The number of fused-ring (bicyclic) bond motifs is 1. The summed E-state index contributed by atoms with van der Waals surface area (Å²) >= 11 is 10.0. The van der Waals surface area contributed by atoms with Crippen LogP contribution in [0.2, 0.25) is 5.02 Å². The number of aromatic nitrogens is 4. The van der Waals surface area contributed by atoms with Crippen molar-refractivity contribution >= 4 is 73.0 Å². The molecule has 4 aromatic heterocycles. The molecule has 0 aliphatic rings. The highest BCUT2D eigenvalue weighted by molar-refractivity contribution is 8.00. The van der Waals surface area contributed by atoms with E-state index in [1.54, 1.807) is 24.2 Å². The van der Waals surface area contributed by atoms with Crippen LogP contribution in [0.1, 0.15) is 15.2 Å². The molecule has 0 atom stereocenters.